The fraction of sp³-hybridized carbons (Fsp3) is 1.00. The number of unbranched alkanes of at least 4 members (excludes halogenated alkanes) is 2. The van der Waals surface area contributed by atoms with Crippen LogP contribution < -0.4 is 0 Å². The molecule has 0 amide bonds. The van der Waals surface area contributed by atoms with Crippen LogP contribution in [0.15, 0.2) is 0 Å². The van der Waals surface area contributed by atoms with Crippen LogP contribution in [0.2, 0.25) is 19.6 Å². The van der Waals surface area contributed by atoms with Crippen LogP contribution in [0.25, 0.3) is 0 Å². The molecule has 0 bridgehead atoms. The second-order valence-corrected chi connectivity index (χ2v) is 11.4. The highest BCUT2D eigenvalue weighted by atomic mass is 28.3. The van der Waals surface area contributed by atoms with Crippen molar-refractivity contribution in [3.05, 3.63) is 0 Å². The van der Waals surface area contributed by atoms with Gasteiger partial charge < -0.3 is 9.84 Å². The van der Waals surface area contributed by atoms with Crippen molar-refractivity contribution < 1.29 is 9.84 Å². The second-order valence-electron chi connectivity index (χ2n) is 6.07. The van der Waals surface area contributed by atoms with E-state index in [2.05, 4.69) is 33.5 Å². The third kappa shape index (κ3) is 2.52. The highest BCUT2D eigenvalue weighted by Crippen LogP contribution is 2.50. The Balaban J connectivity index is 2.58. The zero-order valence-corrected chi connectivity index (χ0v) is 12.5. The molecule has 0 saturated carbocycles. The van der Waals surface area contributed by atoms with Gasteiger partial charge in [0, 0.05) is 0 Å². The lowest BCUT2D eigenvalue weighted by Gasteiger charge is -2.30. The Morgan fingerprint density at radius 3 is 2.31 bits per heavy atom. The number of epoxide rings is 1. The molecule has 16 heavy (non-hydrogen) atoms. The molecule has 1 fully saturated rings. The molecule has 3 heteroatoms. The Labute approximate surface area is 101 Å². The van der Waals surface area contributed by atoms with Crippen molar-refractivity contribution in [1.29, 1.82) is 0 Å². The van der Waals surface area contributed by atoms with Gasteiger partial charge in [-0.25, -0.2) is 0 Å². The van der Waals surface area contributed by atoms with Gasteiger partial charge in [-0.05, 0) is 12.8 Å². The minimum absolute atomic E-state index is 0.143. The van der Waals surface area contributed by atoms with E-state index in [4.69, 9.17) is 4.74 Å². The van der Waals surface area contributed by atoms with Crippen LogP contribution in [0.4, 0.5) is 0 Å². The van der Waals surface area contributed by atoms with Gasteiger partial charge in [-0.2, -0.15) is 0 Å². The van der Waals surface area contributed by atoms with Crippen LogP contribution >= 0.6 is 0 Å². The molecule has 0 aromatic rings. The molecule has 0 aliphatic carbocycles. The maximum absolute atomic E-state index is 10.2. The Morgan fingerprint density at radius 2 is 1.88 bits per heavy atom. The average Bonchev–Trinajstić information content (AvgIpc) is 2.92. The Hall–Kier alpha value is 0.137. The predicted octanol–water partition coefficient (Wildman–Crippen LogP) is 3.35. The van der Waals surface area contributed by atoms with Crippen LogP contribution in [0.5, 0.6) is 0 Å². The summed E-state index contributed by atoms with van der Waals surface area (Å²) in [6.07, 6.45) is 5.80. The molecule has 0 aromatic heterocycles. The highest BCUT2D eigenvalue weighted by molar-refractivity contribution is 6.80. The van der Waals surface area contributed by atoms with E-state index in [0.29, 0.717) is 6.10 Å². The number of aliphatic hydroxyl groups excluding tert-OH is 1. The van der Waals surface area contributed by atoms with Gasteiger partial charge in [-0.1, -0.05) is 52.8 Å². The summed E-state index contributed by atoms with van der Waals surface area (Å²) >= 11 is 0. The molecule has 1 heterocycles. The predicted molar refractivity (Wildman–Crippen MR) is 71.4 cm³/mol. The SMILES string of the molecule is CCCCC[C@@H]1O[C@@]1([C@H](O)CC)[Si](C)(C)C. The van der Waals surface area contributed by atoms with Crippen LogP contribution in [0, 0.1) is 0 Å². The van der Waals surface area contributed by atoms with Crippen LogP contribution in [-0.4, -0.2) is 30.6 Å². The van der Waals surface area contributed by atoms with Gasteiger partial charge in [0.15, 0.2) is 0 Å². The quantitative estimate of drug-likeness (QED) is 0.423. The van der Waals surface area contributed by atoms with E-state index < -0.39 is 8.07 Å². The molecule has 0 spiro atoms. The number of ether oxygens (including phenoxy) is 1. The average molecular weight is 244 g/mol. The summed E-state index contributed by atoms with van der Waals surface area (Å²) in [6, 6.07) is 0. The Kier molecular flexibility index (Phi) is 4.61. The molecule has 1 N–H and O–H groups in total. The first-order valence-corrected chi connectivity index (χ1v) is 10.3. The van der Waals surface area contributed by atoms with E-state index in [1.807, 2.05) is 0 Å². The van der Waals surface area contributed by atoms with E-state index >= 15 is 0 Å². The molecule has 3 atom stereocenters. The third-order valence-electron chi connectivity index (χ3n) is 3.88. The highest BCUT2D eigenvalue weighted by Gasteiger charge is 2.66. The van der Waals surface area contributed by atoms with Crippen LogP contribution in [0.1, 0.15) is 46.0 Å². The van der Waals surface area contributed by atoms with E-state index in [1.165, 1.54) is 19.3 Å². The van der Waals surface area contributed by atoms with Gasteiger partial charge in [0.1, 0.15) is 5.22 Å². The summed E-state index contributed by atoms with van der Waals surface area (Å²) in [7, 11) is -1.45. The number of aliphatic hydroxyl groups is 1. The first-order chi connectivity index (χ1) is 7.40. The molecule has 96 valence electrons. The van der Waals surface area contributed by atoms with Gasteiger partial charge in [0.2, 0.25) is 0 Å². The maximum Gasteiger partial charge on any atom is 0.109 e. The molecule has 1 saturated heterocycles. The molecule has 0 unspecified atom stereocenters. The largest absolute Gasteiger partial charge is 0.390 e. The van der Waals surface area contributed by atoms with Crippen LogP contribution in [0.3, 0.4) is 0 Å². The number of hydrogen-bond donors (Lipinski definition) is 1. The lowest BCUT2D eigenvalue weighted by Crippen LogP contribution is -2.52. The summed E-state index contributed by atoms with van der Waals surface area (Å²) in [5.41, 5.74) is 0. The minimum atomic E-state index is -1.45. The zero-order chi connectivity index (χ0) is 12.4. The molecular formula is C13H28O2Si. The van der Waals surface area contributed by atoms with E-state index in [0.717, 1.165) is 12.8 Å². The molecule has 1 aliphatic heterocycles. The molecular weight excluding hydrogens is 216 g/mol. The van der Waals surface area contributed by atoms with Gasteiger partial charge in [0.05, 0.1) is 20.3 Å². The fourth-order valence-corrected chi connectivity index (χ4v) is 5.62. The van der Waals surface area contributed by atoms with Crippen molar-refractivity contribution in [2.45, 2.75) is 83.0 Å². The fourth-order valence-electron chi connectivity index (χ4n) is 2.81. The van der Waals surface area contributed by atoms with Crippen molar-refractivity contribution in [2.24, 2.45) is 0 Å². The monoisotopic (exact) mass is 244 g/mol. The zero-order valence-electron chi connectivity index (χ0n) is 11.5. The summed E-state index contributed by atoms with van der Waals surface area (Å²) in [6.45, 7) is 11.2. The Bertz CT molecular complexity index is 224. The van der Waals surface area contributed by atoms with E-state index in [-0.39, 0.29) is 11.3 Å². The number of rotatable bonds is 7. The Morgan fingerprint density at radius 1 is 1.25 bits per heavy atom. The number of hydrogen-bond acceptors (Lipinski definition) is 2. The van der Waals surface area contributed by atoms with E-state index in [9.17, 15) is 5.11 Å². The molecule has 0 aromatic carbocycles. The van der Waals surface area contributed by atoms with Gasteiger partial charge >= 0.3 is 0 Å². The summed E-state index contributed by atoms with van der Waals surface area (Å²) in [4.78, 5) is 0. The lowest BCUT2D eigenvalue weighted by atomic mass is 10.1. The van der Waals surface area contributed by atoms with Crippen molar-refractivity contribution in [2.75, 3.05) is 0 Å². The molecule has 1 rings (SSSR count). The summed E-state index contributed by atoms with van der Waals surface area (Å²) < 4.78 is 5.98. The maximum atomic E-state index is 10.2. The van der Waals surface area contributed by atoms with Crippen molar-refractivity contribution in [3.63, 3.8) is 0 Å². The van der Waals surface area contributed by atoms with Crippen LogP contribution in [-0.2, 0) is 4.74 Å². The molecule has 1 aliphatic rings. The van der Waals surface area contributed by atoms with Gasteiger partial charge in [-0.15, -0.1) is 0 Å². The standard InChI is InChI=1S/C13H28O2Si/c1-6-8-9-10-12-13(15-12,11(14)7-2)16(3,4)5/h11-12,14H,6-10H2,1-5H3/t11-,12+,13+/m1/s1. The third-order valence-corrected chi connectivity index (χ3v) is 7.00. The smallest absolute Gasteiger partial charge is 0.109 e. The lowest BCUT2D eigenvalue weighted by molar-refractivity contribution is 0.107. The summed E-state index contributed by atoms with van der Waals surface area (Å²) in [5, 5.41) is 10.1. The van der Waals surface area contributed by atoms with E-state index in [1.54, 1.807) is 0 Å². The van der Waals surface area contributed by atoms with Crippen molar-refractivity contribution in [1.82, 2.24) is 0 Å². The van der Waals surface area contributed by atoms with Gasteiger partial charge in [0.25, 0.3) is 0 Å². The molecule has 2 nitrogen and oxygen atoms in total. The molecule has 0 radical (unpaired) electrons. The van der Waals surface area contributed by atoms with Crippen molar-refractivity contribution in [3.8, 4) is 0 Å². The summed E-state index contributed by atoms with van der Waals surface area (Å²) in [5.74, 6) is 0. The topological polar surface area (TPSA) is 32.8 Å². The first kappa shape index (κ1) is 14.2. The normalized spacial score (nSPS) is 31.5. The van der Waals surface area contributed by atoms with Gasteiger partial charge in [-0.3, -0.25) is 0 Å². The minimum Gasteiger partial charge on any atom is -0.390 e. The second kappa shape index (κ2) is 5.19. The van der Waals surface area contributed by atoms with Crippen molar-refractivity contribution >= 4 is 8.07 Å². The first-order valence-electron chi connectivity index (χ1n) is 6.76.